The van der Waals surface area contributed by atoms with Crippen molar-refractivity contribution in [1.29, 1.82) is 0 Å². The van der Waals surface area contributed by atoms with Crippen molar-refractivity contribution in [3.8, 4) is 0 Å². The van der Waals surface area contributed by atoms with Gasteiger partial charge in [-0.1, -0.05) is 18.2 Å². The Morgan fingerprint density at radius 3 is 2.56 bits per heavy atom. The van der Waals surface area contributed by atoms with E-state index in [0.717, 1.165) is 5.56 Å². The van der Waals surface area contributed by atoms with Crippen molar-refractivity contribution < 1.29 is 5.11 Å². The van der Waals surface area contributed by atoms with Crippen molar-refractivity contribution in [2.75, 3.05) is 0 Å². The molecule has 3 heteroatoms. The number of aliphatic hydroxyl groups is 1. The average molecular weight is 216 g/mol. The molecule has 0 saturated heterocycles. The fourth-order valence-corrected chi connectivity index (χ4v) is 1.71. The molecule has 1 atom stereocenters. The summed E-state index contributed by atoms with van der Waals surface area (Å²) >= 11 is 0. The van der Waals surface area contributed by atoms with Gasteiger partial charge in [-0.25, -0.2) is 4.98 Å². The zero-order valence-electron chi connectivity index (χ0n) is 9.78. The lowest BCUT2D eigenvalue weighted by atomic mass is 9.92. The van der Waals surface area contributed by atoms with Gasteiger partial charge in [-0.2, -0.15) is 0 Å². The SMILES string of the molecule is Cc1ccc(C(C)(O)c2ncc[nH]2)cc1C. The summed E-state index contributed by atoms with van der Waals surface area (Å²) in [4.78, 5) is 7.06. The maximum Gasteiger partial charge on any atom is 0.144 e. The zero-order chi connectivity index (χ0) is 11.8. The van der Waals surface area contributed by atoms with E-state index in [1.807, 2.05) is 25.1 Å². The van der Waals surface area contributed by atoms with Gasteiger partial charge in [-0.15, -0.1) is 0 Å². The molecule has 0 saturated carbocycles. The van der Waals surface area contributed by atoms with Crippen LogP contribution in [0.15, 0.2) is 30.6 Å². The monoisotopic (exact) mass is 216 g/mol. The number of rotatable bonds is 2. The van der Waals surface area contributed by atoms with Gasteiger partial charge >= 0.3 is 0 Å². The van der Waals surface area contributed by atoms with Crippen molar-refractivity contribution >= 4 is 0 Å². The second-order valence-corrected chi connectivity index (χ2v) is 4.31. The first-order chi connectivity index (χ1) is 7.51. The molecule has 0 aliphatic heterocycles. The molecule has 0 aliphatic carbocycles. The molecule has 0 fully saturated rings. The second-order valence-electron chi connectivity index (χ2n) is 4.31. The van der Waals surface area contributed by atoms with Crippen LogP contribution in [0.3, 0.4) is 0 Å². The Bertz CT molecular complexity index is 487. The summed E-state index contributed by atoms with van der Waals surface area (Å²) in [5.41, 5.74) is 2.18. The highest BCUT2D eigenvalue weighted by Crippen LogP contribution is 2.27. The number of benzene rings is 1. The number of nitrogens with zero attached hydrogens (tertiary/aromatic N) is 1. The third-order valence-corrected chi connectivity index (χ3v) is 3.03. The first-order valence-electron chi connectivity index (χ1n) is 5.32. The van der Waals surface area contributed by atoms with Crippen LogP contribution >= 0.6 is 0 Å². The van der Waals surface area contributed by atoms with E-state index in [-0.39, 0.29) is 0 Å². The predicted molar refractivity (Wildman–Crippen MR) is 63.2 cm³/mol. The van der Waals surface area contributed by atoms with Gasteiger partial charge in [0.05, 0.1) is 0 Å². The molecule has 2 aromatic rings. The lowest BCUT2D eigenvalue weighted by Crippen LogP contribution is -2.24. The van der Waals surface area contributed by atoms with E-state index in [0.29, 0.717) is 5.82 Å². The molecule has 0 radical (unpaired) electrons. The van der Waals surface area contributed by atoms with Gasteiger partial charge < -0.3 is 10.1 Å². The second kappa shape index (κ2) is 3.76. The van der Waals surface area contributed by atoms with E-state index in [4.69, 9.17) is 0 Å². The molecule has 1 unspecified atom stereocenters. The smallest absolute Gasteiger partial charge is 0.144 e. The molecule has 3 nitrogen and oxygen atoms in total. The number of hydrogen-bond acceptors (Lipinski definition) is 2. The van der Waals surface area contributed by atoms with Crippen LogP contribution in [0.5, 0.6) is 0 Å². The number of imidazole rings is 1. The largest absolute Gasteiger partial charge is 0.377 e. The molecule has 1 heterocycles. The molecule has 84 valence electrons. The molecule has 0 spiro atoms. The molecule has 2 rings (SSSR count). The summed E-state index contributed by atoms with van der Waals surface area (Å²) in [6, 6.07) is 5.95. The number of aromatic nitrogens is 2. The number of aryl methyl sites for hydroxylation is 2. The van der Waals surface area contributed by atoms with Crippen LogP contribution < -0.4 is 0 Å². The summed E-state index contributed by atoms with van der Waals surface area (Å²) in [5.74, 6) is 0.566. The van der Waals surface area contributed by atoms with Crippen LogP contribution in [0.2, 0.25) is 0 Å². The van der Waals surface area contributed by atoms with Gasteiger partial charge in [0.2, 0.25) is 0 Å². The molecule has 1 aromatic heterocycles. The summed E-state index contributed by atoms with van der Waals surface area (Å²) < 4.78 is 0. The van der Waals surface area contributed by atoms with Gasteiger partial charge in [0.25, 0.3) is 0 Å². The average Bonchev–Trinajstić information content (AvgIpc) is 2.75. The summed E-state index contributed by atoms with van der Waals surface area (Å²) in [6.07, 6.45) is 3.36. The lowest BCUT2D eigenvalue weighted by molar-refractivity contribution is 0.0931. The van der Waals surface area contributed by atoms with Crippen LogP contribution in [0.25, 0.3) is 0 Å². The maximum atomic E-state index is 10.5. The summed E-state index contributed by atoms with van der Waals surface area (Å²) in [6.45, 7) is 5.84. The van der Waals surface area contributed by atoms with Crippen LogP contribution in [0, 0.1) is 13.8 Å². The summed E-state index contributed by atoms with van der Waals surface area (Å²) in [7, 11) is 0. The highest BCUT2D eigenvalue weighted by molar-refractivity contribution is 5.35. The molecule has 0 amide bonds. The number of hydrogen-bond donors (Lipinski definition) is 2. The van der Waals surface area contributed by atoms with Crippen molar-refractivity contribution in [3.05, 3.63) is 53.1 Å². The molecule has 0 aliphatic rings. The standard InChI is InChI=1S/C13H16N2O/c1-9-4-5-11(8-10(9)2)13(3,16)12-14-6-7-15-12/h4-8,16H,1-3H3,(H,14,15). The van der Waals surface area contributed by atoms with Gasteiger partial charge in [-0.3, -0.25) is 0 Å². The Morgan fingerprint density at radius 1 is 1.25 bits per heavy atom. The molecular formula is C13H16N2O. The first-order valence-corrected chi connectivity index (χ1v) is 5.32. The normalized spacial score (nSPS) is 14.8. The van der Waals surface area contributed by atoms with E-state index < -0.39 is 5.60 Å². The van der Waals surface area contributed by atoms with E-state index in [9.17, 15) is 5.11 Å². The first kappa shape index (κ1) is 10.9. The van der Waals surface area contributed by atoms with E-state index in [2.05, 4.69) is 16.9 Å². The lowest BCUT2D eigenvalue weighted by Gasteiger charge is -2.22. The van der Waals surface area contributed by atoms with Gasteiger partial charge in [0, 0.05) is 12.4 Å². The topological polar surface area (TPSA) is 48.9 Å². The maximum absolute atomic E-state index is 10.5. The third kappa shape index (κ3) is 1.74. The molecule has 1 aromatic carbocycles. The van der Waals surface area contributed by atoms with Crippen molar-refractivity contribution in [2.45, 2.75) is 26.4 Å². The number of aromatic amines is 1. The van der Waals surface area contributed by atoms with Crippen LogP contribution in [0.1, 0.15) is 29.4 Å². The van der Waals surface area contributed by atoms with Crippen molar-refractivity contribution in [2.24, 2.45) is 0 Å². The highest BCUT2D eigenvalue weighted by Gasteiger charge is 2.28. The Labute approximate surface area is 95.2 Å². The molecule has 0 bridgehead atoms. The molecular weight excluding hydrogens is 200 g/mol. The Balaban J connectivity index is 2.47. The minimum atomic E-state index is -1.07. The van der Waals surface area contributed by atoms with Crippen molar-refractivity contribution in [3.63, 3.8) is 0 Å². The Kier molecular flexibility index (Phi) is 2.56. The van der Waals surface area contributed by atoms with E-state index in [1.54, 1.807) is 19.3 Å². The van der Waals surface area contributed by atoms with E-state index in [1.165, 1.54) is 11.1 Å². The fraction of sp³-hybridized carbons (Fsp3) is 0.308. The number of nitrogens with one attached hydrogen (secondary N) is 1. The van der Waals surface area contributed by atoms with Gasteiger partial charge in [0.1, 0.15) is 11.4 Å². The number of H-pyrrole nitrogens is 1. The Morgan fingerprint density at radius 2 is 2.00 bits per heavy atom. The quantitative estimate of drug-likeness (QED) is 0.809. The zero-order valence-corrected chi connectivity index (χ0v) is 9.78. The van der Waals surface area contributed by atoms with Gasteiger partial charge in [0.15, 0.2) is 0 Å². The van der Waals surface area contributed by atoms with Crippen LogP contribution in [0.4, 0.5) is 0 Å². The molecule has 2 N–H and O–H groups in total. The van der Waals surface area contributed by atoms with Crippen LogP contribution in [-0.4, -0.2) is 15.1 Å². The molecule has 16 heavy (non-hydrogen) atoms. The highest BCUT2D eigenvalue weighted by atomic mass is 16.3. The summed E-state index contributed by atoms with van der Waals surface area (Å²) in [5, 5.41) is 10.5. The fourth-order valence-electron chi connectivity index (χ4n) is 1.71. The van der Waals surface area contributed by atoms with E-state index >= 15 is 0 Å². The Hall–Kier alpha value is -1.61. The minimum Gasteiger partial charge on any atom is -0.377 e. The third-order valence-electron chi connectivity index (χ3n) is 3.03. The minimum absolute atomic E-state index is 0.566. The van der Waals surface area contributed by atoms with Crippen LogP contribution in [-0.2, 0) is 5.60 Å². The predicted octanol–water partition coefficient (Wildman–Crippen LogP) is 2.28. The van der Waals surface area contributed by atoms with Gasteiger partial charge in [-0.05, 0) is 37.5 Å². The van der Waals surface area contributed by atoms with Crippen molar-refractivity contribution in [1.82, 2.24) is 9.97 Å².